The molecule has 9 heteroatoms. The minimum absolute atomic E-state index is 0.0289. The molecular formula is C19H16F3N3OS2. The van der Waals surface area contributed by atoms with Gasteiger partial charge in [0, 0.05) is 22.7 Å². The van der Waals surface area contributed by atoms with E-state index in [4.69, 9.17) is 0 Å². The largest absolute Gasteiger partial charge is 0.451 e. The van der Waals surface area contributed by atoms with Crippen molar-refractivity contribution in [2.24, 2.45) is 0 Å². The van der Waals surface area contributed by atoms with E-state index in [1.807, 2.05) is 6.07 Å². The molecular weight excluding hydrogens is 407 g/mol. The first-order chi connectivity index (χ1) is 13.4. The molecule has 0 bridgehead atoms. The van der Waals surface area contributed by atoms with Gasteiger partial charge in [-0.15, -0.1) is 11.3 Å². The number of alkyl halides is 3. The number of benzene rings is 1. The number of aromatic nitrogens is 2. The molecule has 1 saturated heterocycles. The highest BCUT2D eigenvalue weighted by molar-refractivity contribution is 8.00. The Morgan fingerprint density at radius 1 is 1.21 bits per heavy atom. The van der Waals surface area contributed by atoms with Gasteiger partial charge >= 0.3 is 6.18 Å². The Bertz CT molecular complexity index is 1010. The fourth-order valence-electron chi connectivity index (χ4n) is 3.11. The zero-order valence-electron chi connectivity index (χ0n) is 14.6. The van der Waals surface area contributed by atoms with Crippen LogP contribution >= 0.6 is 23.1 Å². The van der Waals surface area contributed by atoms with E-state index < -0.39 is 12.0 Å². The van der Waals surface area contributed by atoms with Crippen molar-refractivity contribution < 1.29 is 18.0 Å². The Morgan fingerprint density at radius 3 is 2.79 bits per heavy atom. The molecule has 1 fully saturated rings. The molecule has 0 amide bonds. The number of carbonyl (C=O) groups is 1. The molecule has 1 atom stereocenters. The van der Waals surface area contributed by atoms with E-state index in [2.05, 4.69) is 15.3 Å². The molecule has 1 N–H and O–H groups in total. The van der Waals surface area contributed by atoms with Crippen LogP contribution in [0.15, 0.2) is 41.4 Å². The van der Waals surface area contributed by atoms with Crippen molar-refractivity contribution in [2.45, 2.75) is 23.5 Å². The van der Waals surface area contributed by atoms with Crippen molar-refractivity contribution in [1.29, 1.82) is 0 Å². The third kappa shape index (κ3) is 4.06. The summed E-state index contributed by atoms with van der Waals surface area (Å²) in [7, 11) is 0. The predicted molar refractivity (Wildman–Crippen MR) is 104 cm³/mol. The number of para-hydroxylation sites is 1. The van der Waals surface area contributed by atoms with Crippen molar-refractivity contribution >= 4 is 39.8 Å². The summed E-state index contributed by atoms with van der Waals surface area (Å²) in [5.41, 5.74) is 0.215. The second kappa shape index (κ2) is 7.81. The van der Waals surface area contributed by atoms with Crippen LogP contribution in [0.4, 0.5) is 13.2 Å². The Hall–Kier alpha value is -1.97. The van der Waals surface area contributed by atoms with Gasteiger partial charge in [-0.2, -0.15) is 13.2 Å². The molecule has 4 rings (SSSR count). The van der Waals surface area contributed by atoms with E-state index in [1.54, 1.807) is 24.3 Å². The van der Waals surface area contributed by atoms with Gasteiger partial charge in [0.1, 0.15) is 5.03 Å². The fourth-order valence-corrected chi connectivity index (χ4v) is 5.18. The maximum Gasteiger partial charge on any atom is 0.451 e. The van der Waals surface area contributed by atoms with Crippen LogP contribution in [0, 0.1) is 0 Å². The van der Waals surface area contributed by atoms with Crippen molar-refractivity contribution in [2.75, 3.05) is 18.8 Å². The lowest BCUT2D eigenvalue weighted by Crippen LogP contribution is -2.12. The zero-order valence-corrected chi connectivity index (χ0v) is 16.3. The highest BCUT2D eigenvalue weighted by atomic mass is 32.2. The van der Waals surface area contributed by atoms with Crippen LogP contribution < -0.4 is 5.32 Å². The smallest absolute Gasteiger partial charge is 0.316 e. The average Bonchev–Trinajstić information content (AvgIpc) is 3.36. The van der Waals surface area contributed by atoms with E-state index in [-0.39, 0.29) is 22.1 Å². The second-order valence-electron chi connectivity index (χ2n) is 6.47. The van der Waals surface area contributed by atoms with E-state index >= 15 is 0 Å². The minimum Gasteiger partial charge on any atom is -0.316 e. The molecule has 1 aromatic carbocycles. The molecule has 3 aromatic rings. The summed E-state index contributed by atoms with van der Waals surface area (Å²) in [6, 6.07) is 10.3. The first-order valence-corrected chi connectivity index (χ1v) is 10.5. The lowest BCUT2D eigenvalue weighted by Gasteiger charge is -2.10. The Morgan fingerprint density at radius 2 is 2.04 bits per heavy atom. The molecule has 2 aromatic heterocycles. The monoisotopic (exact) mass is 423 g/mol. The van der Waals surface area contributed by atoms with Gasteiger partial charge in [0.2, 0.25) is 5.82 Å². The van der Waals surface area contributed by atoms with Crippen molar-refractivity contribution in [3.05, 3.63) is 52.0 Å². The number of thioether (sulfide) groups is 1. The number of ketones is 1. The van der Waals surface area contributed by atoms with Crippen LogP contribution in [0.1, 0.15) is 32.7 Å². The summed E-state index contributed by atoms with van der Waals surface area (Å²) < 4.78 is 39.3. The Kier molecular flexibility index (Phi) is 5.39. The van der Waals surface area contributed by atoms with Gasteiger partial charge in [0.05, 0.1) is 16.1 Å². The standard InChI is InChI=1S/C19H16F3N3OS2/c20-19(21,22)18-24-13-4-2-1-3-12(13)17(25-18)27-10-14(26)16-6-5-15(28-16)11-7-8-23-9-11/h1-6,11,23H,7-10H2/t11-/m1/s1. The normalized spacial score (nSPS) is 17.3. The van der Waals surface area contributed by atoms with Crippen LogP contribution in [0.3, 0.4) is 0 Å². The van der Waals surface area contributed by atoms with Gasteiger partial charge in [-0.1, -0.05) is 30.0 Å². The molecule has 28 heavy (non-hydrogen) atoms. The lowest BCUT2D eigenvalue weighted by atomic mass is 10.1. The molecule has 0 saturated carbocycles. The highest BCUT2D eigenvalue weighted by Crippen LogP contribution is 2.33. The third-order valence-corrected chi connectivity index (χ3v) is 6.81. The molecule has 1 aliphatic rings. The number of halogens is 3. The number of nitrogens with one attached hydrogen (secondary N) is 1. The van der Waals surface area contributed by atoms with Crippen LogP contribution in [-0.4, -0.2) is 34.6 Å². The summed E-state index contributed by atoms with van der Waals surface area (Å²) in [6.07, 6.45) is -3.59. The molecule has 0 spiro atoms. The number of Topliss-reactive ketones (excluding diaryl/α,β-unsaturated/α-hetero) is 1. The van der Waals surface area contributed by atoms with Crippen LogP contribution in [0.2, 0.25) is 0 Å². The van der Waals surface area contributed by atoms with Gasteiger partial charge in [-0.3, -0.25) is 4.79 Å². The maximum absolute atomic E-state index is 13.1. The van der Waals surface area contributed by atoms with Crippen molar-refractivity contribution in [1.82, 2.24) is 15.3 Å². The summed E-state index contributed by atoms with van der Waals surface area (Å²) in [4.78, 5) is 21.6. The number of thiophene rings is 1. The van der Waals surface area contributed by atoms with E-state index in [1.165, 1.54) is 22.3 Å². The molecule has 1 aliphatic heterocycles. The number of hydrogen-bond acceptors (Lipinski definition) is 6. The maximum atomic E-state index is 13.1. The molecule has 4 nitrogen and oxygen atoms in total. The quantitative estimate of drug-likeness (QED) is 0.364. The molecule has 0 aliphatic carbocycles. The summed E-state index contributed by atoms with van der Waals surface area (Å²) >= 11 is 2.49. The van der Waals surface area contributed by atoms with Gasteiger partial charge in [-0.05, 0) is 31.2 Å². The van der Waals surface area contributed by atoms with Crippen molar-refractivity contribution in [3.63, 3.8) is 0 Å². The molecule has 146 valence electrons. The average molecular weight is 423 g/mol. The minimum atomic E-state index is -4.64. The Balaban J connectivity index is 1.54. The number of rotatable bonds is 5. The molecule has 0 radical (unpaired) electrons. The fraction of sp³-hybridized carbons (Fsp3) is 0.316. The number of hydrogen-bond donors (Lipinski definition) is 1. The van der Waals surface area contributed by atoms with Gasteiger partial charge in [-0.25, -0.2) is 9.97 Å². The number of fused-ring (bicyclic) bond motifs is 1. The zero-order chi connectivity index (χ0) is 19.7. The summed E-state index contributed by atoms with van der Waals surface area (Å²) in [5.74, 6) is -0.836. The predicted octanol–water partition coefficient (Wildman–Crippen LogP) is 4.76. The van der Waals surface area contributed by atoms with E-state index in [9.17, 15) is 18.0 Å². The molecule has 3 heterocycles. The second-order valence-corrected chi connectivity index (χ2v) is 8.55. The van der Waals surface area contributed by atoms with Gasteiger partial charge in [0.15, 0.2) is 5.78 Å². The van der Waals surface area contributed by atoms with Crippen LogP contribution in [-0.2, 0) is 6.18 Å². The number of nitrogens with zero attached hydrogens (tertiary/aromatic N) is 2. The summed E-state index contributed by atoms with van der Waals surface area (Å²) in [6.45, 7) is 1.89. The third-order valence-electron chi connectivity index (χ3n) is 4.53. The first-order valence-electron chi connectivity index (χ1n) is 8.72. The Labute approximate surface area is 167 Å². The van der Waals surface area contributed by atoms with Crippen molar-refractivity contribution in [3.8, 4) is 0 Å². The first kappa shape index (κ1) is 19.4. The number of carbonyl (C=O) groups excluding carboxylic acids is 1. The van der Waals surface area contributed by atoms with Gasteiger partial charge in [0.25, 0.3) is 0 Å². The van der Waals surface area contributed by atoms with E-state index in [0.29, 0.717) is 16.2 Å². The van der Waals surface area contributed by atoms with E-state index in [0.717, 1.165) is 31.3 Å². The summed E-state index contributed by atoms with van der Waals surface area (Å²) in [5, 5.41) is 3.98. The van der Waals surface area contributed by atoms with Gasteiger partial charge < -0.3 is 5.32 Å². The lowest BCUT2D eigenvalue weighted by molar-refractivity contribution is -0.145. The SMILES string of the molecule is O=C(CSc1nc(C(F)(F)F)nc2ccccc12)c1ccc([C@@H]2CCNC2)s1. The van der Waals surface area contributed by atoms with Crippen LogP contribution in [0.25, 0.3) is 10.9 Å². The topological polar surface area (TPSA) is 54.9 Å². The molecule has 0 unspecified atom stereocenters. The van der Waals surface area contributed by atoms with Crippen LogP contribution in [0.5, 0.6) is 0 Å². The highest BCUT2D eigenvalue weighted by Gasteiger charge is 2.35.